The van der Waals surface area contributed by atoms with Gasteiger partial charge < -0.3 is 14.4 Å². The first-order valence-corrected chi connectivity index (χ1v) is 8.97. The molecule has 0 fully saturated rings. The molecule has 140 valence electrons. The van der Waals surface area contributed by atoms with Gasteiger partial charge in [-0.15, -0.1) is 0 Å². The van der Waals surface area contributed by atoms with Crippen molar-refractivity contribution in [3.05, 3.63) is 52.5 Å². The summed E-state index contributed by atoms with van der Waals surface area (Å²) >= 11 is 0. The first-order valence-electron chi connectivity index (χ1n) is 8.97. The minimum absolute atomic E-state index is 0.0601. The van der Waals surface area contributed by atoms with Gasteiger partial charge in [-0.25, -0.2) is 9.50 Å². The largest absolute Gasteiger partial charge is 0.493 e. The Labute approximate surface area is 160 Å². The second-order valence-corrected chi connectivity index (χ2v) is 6.90. The smallest absolute Gasteiger partial charge is 0.257 e. The first-order chi connectivity index (χ1) is 13.7. The van der Waals surface area contributed by atoms with Crippen LogP contribution in [0, 0.1) is 11.3 Å². The molecule has 0 spiro atoms. The van der Waals surface area contributed by atoms with E-state index in [1.165, 1.54) is 6.20 Å². The third-order valence-corrected chi connectivity index (χ3v) is 5.63. The molecule has 28 heavy (non-hydrogen) atoms. The van der Waals surface area contributed by atoms with Crippen LogP contribution in [0.4, 0.5) is 0 Å². The van der Waals surface area contributed by atoms with Gasteiger partial charge >= 0.3 is 0 Å². The van der Waals surface area contributed by atoms with Crippen LogP contribution in [0.1, 0.15) is 38.8 Å². The molecule has 0 bridgehead atoms. The van der Waals surface area contributed by atoms with Crippen molar-refractivity contribution in [2.45, 2.75) is 18.9 Å². The van der Waals surface area contributed by atoms with Gasteiger partial charge in [0.2, 0.25) is 0 Å². The average molecular weight is 375 g/mol. The summed E-state index contributed by atoms with van der Waals surface area (Å²) in [5.41, 5.74) is 4.40. The Kier molecular flexibility index (Phi) is 3.52. The zero-order chi connectivity index (χ0) is 19.4. The Hall–Kier alpha value is -3.60. The standard InChI is InChI=1S/C20H17N5O3/c1-27-17-5-11-3-4-24-15(13(11)6-18(17)28-2)7-16-14(20(24)26)10-22-19-12(8-21)9-23-25(16)19/h5-6,9-10,15H,3-4,7H2,1-2H3. The third kappa shape index (κ3) is 2.13. The molecular formula is C20H17N5O3. The molecule has 1 aromatic carbocycles. The van der Waals surface area contributed by atoms with Gasteiger partial charge in [0.05, 0.1) is 37.7 Å². The van der Waals surface area contributed by atoms with E-state index in [1.54, 1.807) is 24.9 Å². The molecule has 1 amide bonds. The fraction of sp³-hybridized carbons (Fsp3) is 0.300. The maximum atomic E-state index is 13.2. The Morgan fingerprint density at radius 2 is 2.00 bits per heavy atom. The van der Waals surface area contributed by atoms with Crippen LogP contribution >= 0.6 is 0 Å². The summed E-state index contributed by atoms with van der Waals surface area (Å²) in [7, 11) is 3.22. The number of nitriles is 1. The minimum Gasteiger partial charge on any atom is -0.493 e. The number of aromatic nitrogens is 3. The molecule has 4 heterocycles. The number of benzene rings is 1. The van der Waals surface area contributed by atoms with Gasteiger partial charge in [-0.2, -0.15) is 10.4 Å². The second kappa shape index (κ2) is 5.96. The molecule has 2 aliphatic rings. The highest BCUT2D eigenvalue weighted by atomic mass is 16.5. The molecule has 1 atom stereocenters. The number of methoxy groups -OCH3 is 2. The molecule has 0 saturated carbocycles. The third-order valence-electron chi connectivity index (χ3n) is 5.63. The van der Waals surface area contributed by atoms with Crippen LogP contribution in [0.2, 0.25) is 0 Å². The summed E-state index contributed by atoms with van der Waals surface area (Å²) in [5, 5.41) is 13.6. The zero-order valence-corrected chi connectivity index (χ0v) is 15.5. The zero-order valence-electron chi connectivity index (χ0n) is 15.5. The maximum absolute atomic E-state index is 13.2. The predicted octanol–water partition coefficient (Wildman–Crippen LogP) is 1.91. The lowest BCUT2D eigenvalue weighted by Crippen LogP contribution is -2.45. The van der Waals surface area contributed by atoms with E-state index in [4.69, 9.17) is 9.47 Å². The van der Waals surface area contributed by atoms with Gasteiger partial charge in [-0.3, -0.25) is 4.79 Å². The van der Waals surface area contributed by atoms with E-state index in [0.29, 0.717) is 41.2 Å². The summed E-state index contributed by atoms with van der Waals surface area (Å²) < 4.78 is 12.5. The van der Waals surface area contributed by atoms with Gasteiger partial charge in [0.15, 0.2) is 17.1 Å². The molecule has 1 unspecified atom stereocenters. The van der Waals surface area contributed by atoms with Crippen molar-refractivity contribution in [3.63, 3.8) is 0 Å². The number of carbonyl (C=O) groups excluding carboxylic acids is 1. The molecule has 8 nitrogen and oxygen atoms in total. The van der Waals surface area contributed by atoms with Crippen molar-refractivity contribution in [2.24, 2.45) is 0 Å². The molecule has 2 aliphatic heterocycles. The predicted molar refractivity (Wildman–Crippen MR) is 98.4 cm³/mol. The van der Waals surface area contributed by atoms with Crippen molar-refractivity contribution < 1.29 is 14.3 Å². The van der Waals surface area contributed by atoms with Crippen LogP contribution in [-0.4, -0.2) is 46.2 Å². The molecular weight excluding hydrogens is 358 g/mol. The number of hydrogen-bond acceptors (Lipinski definition) is 6. The van der Waals surface area contributed by atoms with Crippen molar-refractivity contribution >= 4 is 11.6 Å². The van der Waals surface area contributed by atoms with E-state index in [1.807, 2.05) is 17.0 Å². The highest BCUT2D eigenvalue weighted by Crippen LogP contribution is 2.42. The van der Waals surface area contributed by atoms with Crippen molar-refractivity contribution in [1.29, 1.82) is 5.26 Å². The number of fused-ring (bicyclic) bond motifs is 6. The lowest BCUT2D eigenvalue weighted by Gasteiger charge is -2.41. The average Bonchev–Trinajstić information content (AvgIpc) is 3.16. The van der Waals surface area contributed by atoms with Crippen LogP contribution in [0.5, 0.6) is 11.5 Å². The molecule has 0 saturated heterocycles. The van der Waals surface area contributed by atoms with E-state index in [-0.39, 0.29) is 11.9 Å². The van der Waals surface area contributed by atoms with Gasteiger partial charge in [0.1, 0.15) is 11.6 Å². The van der Waals surface area contributed by atoms with Gasteiger partial charge in [0, 0.05) is 19.2 Å². The van der Waals surface area contributed by atoms with Crippen molar-refractivity contribution in [1.82, 2.24) is 19.5 Å². The minimum atomic E-state index is -0.121. The van der Waals surface area contributed by atoms with Crippen LogP contribution < -0.4 is 9.47 Å². The number of ether oxygens (including phenoxy) is 2. The number of nitrogens with zero attached hydrogens (tertiary/aromatic N) is 5. The summed E-state index contributed by atoms with van der Waals surface area (Å²) in [6.07, 6.45) is 4.40. The highest BCUT2D eigenvalue weighted by Gasteiger charge is 2.39. The van der Waals surface area contributed by atoms with Crippen LogP contribution in [-0.2, 0) is 12.8 Å². The Bertz CT molecular complexity index is 1180. The quantitative estimate of drug-likeness (QED) is 0.679. The molecule has 8 heteroatoms. The van der Waals surface area contributed by atoms with Crippen molar-refractivity contribution in [3.8, 4) is 17.6 Å². The first kappa shape index (κ1) is 16.6. The van der Waals surface area contributed by atoms with Crippen molar-refractivity contribution in [2.75, 3.05) is 20.8 Å². The molecule has 0 radical (unpaired) electrons. The normalized spacial score (nSPS) is 17.5. The Balaban J connectivity index is 1.68. The van der Waals surface area contributed by atoms with E-state index in [0.717, 1.165) is 23.2 Å². The van der Waals surface area contributed by atoms with Crippen LogP contribution in [0.15, 0.2) is 24.5 Å². The number of rotatable bonds is 2. The summed E-state index contributed by atoms with van der Waals surface area (Å²) in [5.74, 6) is 1.27. The van der Waals surface area contributed by atoms with Gasteiger partial charge in [0.25, 0.3) is 5.91 Å². The van der Waals surface area contributed by atoms with E-state index >= 15 is 0 Å². The van der Waals surface area contributed by atoms with Crippen LogP contribution in [0.25, 0.3) is 5.65 Å². The number of carbonyl (C=O) groups is 1. The second-order valence-electron chi connectivity index (χ2n) is 6.90. The summed E-state index contributed by atoms with van der Waals surface area (Å²) in [6, 6.07) is 5.93. The molecule has 0 N–H and O–H groups in total. The lowest BCUT2D eigenvalue weighted by atomic mass is 9.85. The molecule has 5 rings (SSSR count). The topological polar surface area (TPSA) is 92.7 Å². The molecule has 3 aromatic rings. The van der Waals surface area contributed by atoms with E-state index in [9.17, 15) is 10.1 Å². The van der Waals surface area contributed by atoms with E-state index < -0.39 is 0 Å². The Morgan fingerprint density at radius 1 is 1.21 bits per heavy atom. The number of hydrogen-bond donors (Lipinski definition) is 0. The Morgan fingerprint density at radius 3 is 2.75 bits per heavy atom. The SMILES string of the molecule is COc1cc2c(cc1OC)C1Cc3c(cnc4c(C#N)cnn34)C(=O)N1CC2. The van der Waals surface area contributed by atoms with Crippen LogP contribution in [0.3, 0.4) is 0 Å². The summed E-state index contributed by atoms with van der Waals surface area (Å²) in [4.78, 5) is 19.4. The van der Waals surface area contributed by atoms with Gasteiger partial charge in [-0.05, 0) is 29.7 Å². The van der Waals surface area contributed by atoms with Gasteiger partial charge in [-0.1, -0.05) is 0 Å². The fourth-order valence-electron chi connectivity index (χ4n) is 4.26. The van der Waals surface area contributed by atoms with E-state index in [2.05, 4.69) is 16.2 Å². The number of amides is 1. The lowest BCUT2D eigenvalue weighted by molar-refractivity contribution is 0.0626. The highest BCUT2D eigenvalue weighted by molar-refractivity contribution is 5.97. The molecule has 2 aromatic heterocycles. The monoisotopic (exact) mass is 375 g/mol. The molecule has 0 aliphatic carbocycles. The fourth-order valence-corrected chi connectivity index (χ4v) is 4.26. The summed E-state index contributed by atoms with van der Waals surface area (Å²) in [6.45, 7) is 0.631. The maximum Gasteiger partial charge on any atom is 0.257 e.